The van der Waals surface area contributed by atoms with Crippen LogP contribution in [0.4, 0.5) is 0 Å². The van der Waals surface area contributed by atoms with Crippen LogP contribution in [0.25, 0.3) is 6.08 Å². The molecule has 0 bridgehead atoms. The predicted octanol–water partition coefficient (Wildman–Crippen LogP) is 1.91. The van der Waals surface area contributed by atoms with Gasteiger partial charge in [0.2, 0.25) is 0 Å². The van der Waals surface area contributed by atoms with Crippen molar-refractivity contribution >= 4 is 11.9 Å². The fraction of sp³-hybridized carbons (Fsp3) is 0.182. The summed E-state index contributed by atoms with van der Waals surface area (Å²) >= 11 is 0. The van der Waals surface area contributed by atoms with E-state index in [4.69, 9.17) is 4.74 Å². The summed E-state index contributed by atoms with van der Waals surface area (Å²) < 4.78 is 5.02. The second-order valence-corrected chi connectivity index (χ2v) is 2.97. The third kappa shape index (κ3) is 1.29. The van der Waals surface area contributed by atoms with Crippen LogP contribution in [-0.2, 0) is 4.74 Å². The molecule has 0 heterocycles. The first-order valence-electron chi connectivity index (χ1n) is 4.17. The molecule has 2 rings (SSSR count). The second kappa shape index (κ2) is 3.15. The second-order valence-electron chi connectivity index (χ2n) is 2.97. The van der Waals surface area contributed by atoms with Gasteiger partial charge in [-0.15, -0.1) is 0 Å². The Morgan fingerprint density at radius 2 is 2.08 bits per heavy atom. The lowest BCUT2D eigenvalue weighted by molar-refractivity contribution is 0.0717. The summed E-state index contributed by atoms with van der Waals surface area (Å²) in [6.45, 7) is 0. The molecule has 0 saturated carbocycles. The Labute approximate surface area is 76.8 Å². The summed E-state index contributed by atoms with van der Waals surface area (Å²) in [4.78, 5) is 11.7. The van der Waals surface area contributed by atoms with Gasteiger partial charge >= 0.3 is 0 Å². The minimum Gasteiger partial charge on any atom is -0.369 e. The Morgan fingerprint density at radius 3 is 2.85 bits per heavy atom. The minimum absolute atomic E-state index is 0.0422. The van der Waals surface area contributed by atoms with Gasteiger partial charge in [0.25, 0.3) is 0 Å². The number of methoxy groups -OCH3 is 1. The third-order valence-corrected chi connectivity index (χ3v) is 2.19. The Bertz CT molecular complexity index is 366. The zero-order chi connectivity index (χ0) is 9.26. The summed E-state index contributed by atoms with van der Waals surface area (Å²) in [6.07, 6.45) is 3.30. The number of rotatable bonds is 1. The number of carbonyl (C=O) groups is 1. The summed E-state index contributed by atoms with van der Waals surface area (Å²) in [5.74, 6) is 0.0422. The van der Waals surface area contributed by atoms with E-state index in [1.165, 1.54) is 0 Å². The zero-order valence-corrected chi connectivity index (χ0v) is 7.36. The van der Waals surface area contributed by atoms with Gasteiger partial charge in [-0.3, -0.25) is 4.79 Å². The molecule has 1 aliphatic carbocycles. The SMILES string of the molecule is CO[C@@H]1C=Cc2ccccc2C1=O. The van der Waals surface area contributed by atoms with Gasteiger partial charge in [-0.1, -0.05) is 30.3 Å². The van der Waals surface area contributed by atoms with E-state index in [0.717, 1.165) is 11.1 Å². The molecule has 2 nitrogen and oxygen atoms in total. The maximum atomic E-state index is 11.7. The quantitative estimate of drug-likeness (QED) is 0.650. The van der Waals surface area contributed by atoms with Gasteiger partial charge in [0, 0.05) is 12.7 Å². The van der Waals surface area contributed by atoms with Crippen LogP contribution in [0.5, 0.6) is 0 Å². The number of ether oxygens (including phenoxy) is 1. The molecule has 13 heavy (non-hydrogen) atoms. The molecule has 1 atom stereocenters. The first-order chi connectivity index (χ1) is 6.33. The maximum Gasteiger partial charge on any atom is 0.196 e. The van der Waals surface area contributed by atoms with Gasteiger partial charge < -0.3 is 4.74 Å². The first kappa shape index (κ1) is 8.20. The number of Topliss-reactive ketones (excluding diaryl/α,β-unsaturated/α-hetero) is 1. The summed E-state index contributed by atoms with van der Waals surface area (Å²) in [7, 11) is 1.54. The molecule has 0 fully saturated rings. The average molecular weight is 174 g/mol. The van der Waals surface area contributed by atoms with Gasteiger partial charge in [0.1, 0.15) is 6.10 Å². The smallest absolute Gasteiger partial charge is 0.196 e. The molecule has 0 aliphatic heterocycles. The fourth-order valence-corrected chi connectivity index (χ4v) is 1.48. The molecule has 66 valence electrons. The highest BCUT2D eigenvalue weighted by Crippen LogP contribution is 2.19. The molecule has 1 aromatic carbocycles. The number of fused-ring (bicyclic) bond motifs is 1. The molecule has 1 aliphatic rings. The molecule has 1 aromatic rings. The van der Waals surface area contributed by atoms with E-state index in [-0.39, 0.29) is 5.78 Å². The van der Waals surface area contributed by atoms with Gasteiger partial charge in [-0.2, -0.15) is 0 Å². The molecule has 0 saturated heterocycles. The van der Waals surface area contributed by atoms with E-state index < -0.39 is 6.10 Å². The molecule has 0 radical (unpaired) electrons. The standard InChI is InChI=1S/C11H10O2/c1-13-10-7-6-8-4-2-3-5-9(8)11(10)12/h2-7,10H,1H3/t10-/m1/s1. The van der Waals surface area contributed by atoms with E-state index >= 15 is 0 Å². The van der Waals surface area contributed by atoms with E-state index in [1.54, 1.807) is 13.2 Å². The first-order valence-corrected chi connectivity index (χ1v) is 4.17. The van der Waals surface area contributed by atoms with Crippen molar-refractivity contribution in [2.75, 3.05) is 7.11 Å². The van der Waals surface area contributed by atoms with Crippen molar-refractivity contribution in [1.82, 2.24) is 0 Å². The van der Waals surface area contributed by atoms with Crippen molar-refractivity contribution in [2.45, 2.75) is 6.10 Å². The van der Waals surface area contributed by atoms with Crippen LogP contribution in [0.15, 0.2) is 30.3 Å². The maximum absolute atomic E-state index is 11.7. The van der Waals surface area contributed by atoms with Crippen LogP contribution in [0.3, 0.4) is 0 Å². The Kier molecular flexibility index (Phi) is 1.99. The Morgan fingerprint density at radius 1 is 1.31 bits per heavy atom. The topological polar surface area (TPSA) is 26.3 Å². The van der Waals surface area contributed by atoms with E-state index in [1.807, 2.05) is 30.3 Å². The van der Waals surface area contributed by atoms with Crippen LogP contribution in [0.1, 0.15) is 15.9 Å². The highest BCUT2D eigenvalue weighted by molar-refractivity contribution is 6.06. The lowest BCUT2D eigenvalue weighted by Gasteiger charge is -2.16. The lowest BCUT2D eigenvalue weighted by atomic mass is 9.94. The van der Waals surface area contributed by atoms with E-state index in [0.29, 0.717) is 0 Å². The number of hydrogen-bond donors (Lipinski definition) is 0. The van der Waals surface area contributed by atoms with E-state index in [9.17, 15) is 4.79 Å². The molecular weight excluding hydrogens is 164 g/mol. The number of carbonyl (C=O) groups excluding carboxylic acids is 1. The van der Waals surface area contributed by atoms with Crippen molar-refractivity contribution in [3.63, 3.8) is 0 Å². The molecule has 0 amide bonds. The van der Waals surface area contributed by atoms with Gasteiger partial charge in [0.05, 0.1) is 0 Å². The molecular formula is C11H10O2. The fourth-order valence-electron chi connectivity index (χ4n) is 1.48. The Balaban J connectivity index is 2.48. The van der Waals surface area contributed by atoms with Gasteiger partial charge in [-0.05, 0) is 11.6 Å². The highest BCUT2D eigenvalue weighted by atomic mass is 16.5. The van der Waals surface area contributed by atoms with Crippen LogP contribution < -0.4 is 0 Å². The molecule has 0 aromatic heterocycles. The van der Waals surface area contributed by atoms with E-state index in [2.05, 4.69) is 0 Å². The van der Waals surface area contributed by atoms with Gasteiger partial charge in [0.15, 0.2) is 5.78 Å². The Hall–Kier alpha value is -1.41. The number of hydrogen-bond acceptors (Lipinski definition) is 2. The monoisotopic (exact) mass is 174 g/mol. The van der Waals surface area contributed by atoms with Crippen molar-refractivity contribution < 1.29 is 9.53 Å². The van der Waals surface area contributed by atoms with Crippen molar-refractivity contribution in [1.29, 1.82) is 0 Å². The van der Waals surface area contributed by atoms with Crippen molar-refractivity contribution in [2.24, 2.45) is 0 Å². The lowest BCUT2D eigenvalue weighted by Crippen LogP contribution is -2.23. The van der Waals surface area contributed by atoms with Crippen LogP contribution in [0.2, 0.25) is 0 Å². The van der Waals surface area contributed by atoms with Crippen molar-refractivity contribution in [3.05, 3.63) is 41.5 Å². The largest absolute Gasteiger partial charge is 0.369 e. The third-order valence-electron chi connectivity index (χ3n) is 2.19. The average Bonchev–Trinajstić information content (AvgIpc) is 2.19. The predicted molar refractivity (Wildman–Crippen MR) is 50.6 cm³/mol. The molecule has 0 unspecified atom stereocenters. The zero-order valence-electron chi connectivity index (χ0n) is 7.36. The van der Waals surface area contributed by atoms with Crippen LogP contribution >= 0.6 is 0 Å². The normalized spacial score (nSPS) is 20.1. The van der Waals surface area contributed by atoms with Crippen LogP contribution in [0, 0.1) is 0 Å². The molecule has 0 N–H and O–H groups in total. The molecule has 0 spiro atoms. The van der Waals surface area contributed by atoms with Gasteiger partial charge in [-0.25, -0.2) is 0 Å². The number of benzene rings is 1. The number of ketones is 1. The summed E-state index contributed by atoms with van der Waals surface area (Å²) in [6, 6.07) is 7.54. The van der Waals surface area contributed by atoms with Crippen molar-refractivity contribution in [3.8, 4) is 0 Å². The highest BCUT2D eigenvalue weighted by Gasteiger charge is 2.21. The summed E-state index contributed by atoms with van der Waals surface area (Å²) in [5.41, 5.74) is 1.72. The van der Waals surface area contributed by atoms with Crippen LogP contribution in [-0.4, -0.2) is 19.0 Å². The minimum atomic E-state index is -0.408. The molecule has 2 heteroatoms. The summed E-state index contributed by atoms with van der Waals surface area (Å²) in [5, 5.41) is 0.